The lowest BCUT2D eigenvalue weighted by atomic mass is 9.91. The Balaban J connectivity index is 1.47. The molecule has 0 aliphatic heterocycles. The maximum atomic E-state index is 13.8. The van der Waals surface area contributed by atoms with Gasteiger partial charge < -0.3 is 15.2 Å². The van der Waals surface area contributed by atoms with Crippen molar-refractivity contribution < 1.29 is 23.0 Å². The topological polar surface area (TPSA) is 127 Å². The Kier molecular flexibility index (Phi) is 7.14. The predicted octanol–water partition coefficient (Wildman–Crippen LogP) is 4.37. The number of rotatable bonds is 8. The largest absolute Gasteiger partial charge is 0.488 e. The number of aliphatic hydroxyl groups is 1. The van der Waals surface area contributed by atoms with Crippen molar-refractivity contribution in [3.8, 4) is 23.2 Å². The van der Waals surface area contributed by atoms with E-state index in [1.54, 1.807) is 12.1 Å². The van der Waals surface area contributed by atoms with Crippen LogP contribution in [-0.4, -0.2) is 47.3 Å². The minimum atomic E-state index is -2.87. The zero-order valence-electron chi connectivity index (χ0n) is 21.4. The third kappa shape index (κ3) is 5.24. The van der Waals surface area contributed by atoms with Gasteiger partial charge in [-0.1, -0.05) is 5.21 Å². The summed E-state index contributed by atoms with van der Waals surface area (Å²) in [4.78, 5) is 8.07. The number of nitrogens with zero attached hydrogens (tertiary/aromatic N) is 7. The summed E-state index contributed by atoms with van der Waals surface area (Å²) >= 11 is 0. The third-order valence-electron chi connectivity index (χ3n) is 7.14. The quantitative estimate of drug-likeness (QED) is 0.249. The molecule has 0 radical (unpaired) electrons. The first-order valence-electron chi connectivity index (χ1n) is 12.5. The van der Waals surface area contributed by atoms with Crippen LogP contribution in [0.25, 0.3) is 22.3 Å². The molecule has 0 saturated heterocycles. The Morgan fingerprint density at radius 1 is 1.23 bits per heavy atom. The van der Waals surface area contributed by atoms with E-state index in [0.29, 0.717) is 15.8 Å². The first-order valence-corrected chi connectivity index (χ1v) is 12.5. The number of pyridine rings is 1. The highest BCUT2D eigenvalue weighted by Gasteiger charge is 2.29. The van der Waals surface area contributed by atoms with Crippen molar-refractivity contribution in [2.24, 2.45) is 0 Å². The number of benzene rings is 1. The van der Waals surface area contributed by atoms with Crippen LogP contribution in [0.4, 0.5) is 13.2 Å². The molecule has 13 heteroatoms. The van der Waals surface area contributed by atoms with Crippen molar-refractivity contribution in [3.05, 3.63) is 54.0 Å². The summed E-state index contributed by atoms with van der Waals surface area (Å²) in [5.41, 5.74) is 0.774. The van der Waals surface area contributed by atoms with Gasteiger partial charge in [0.2, 0.25) is 0 Å². The molecule has 0 amide bonds. The van der Waals surface area contributed by atoms with Crippen molar-refractivity contribution in [3.63, 3.8) is 0 Å². The molecule has 39 heavy (non-hydrogen) atoms. The zero-order chi connectivity index (χ0) is 27.7. The number of aromatic nitrogens is 6. The molecule has 3 heterocycles. The lowest BCUT2D eigenvalue weighted by Crippen LogP contribution is -2.31. The number of hydrogen-bond acceptors (Lipinski definition) is 8. The average Bonchev–Trinajstić information content (AvgIpc) is 3.52. The van der Waals surface area contributed by atoms with Crippen LogP contribution in [0.3, 0.4) is 0 Å². The predicted molar refractivity (Wildman–Crippen MR) is 134 cm³/mol. The van der Waals surface area contributed by atoms with Gasteiger partial charge in [-0.2, -0.15) is 14.0 Å². The number of nitrogens with one attached hydrogen (secondary N) is 1. The van der Waals surface area contributed by atoms with E-state index in [9.17, 15) is 18.3 Å². The Hall–Kier alpha value is -4.18. The summed E-state index contributed by atoms with van der Waals surface area (Å²) in [5, 5.41) is 31.4. The van der Waals surface area contributed by atoms with E-state index in [1.165, 1.54) is 19.1 Å². The minimum absolute atomic E-state index is 0.0602. The van der Waals surface area contributed by atoms with E-state index >= 15 is 0 Å². The van der Waals surface area contributed by atoms with Gasteiger partial charge in [-0.15, -0.1) is 5.10 Å². The molecule has 1 aliphatic carbocycles. The van der Waals surface area contributed by atoms with Gasteiger partial charge in [0.1, 0.15) is 41.3 Å². The van der Waals surface area contributed by atoms with Gasteiger partial charge >= 0.3 is 6.55 Å². The van der Waals surface area contributed by atoms with Gasteiger partial charge in [-0.3, -0.25) is 9.55 Å². The molecule has 1 fully saturated rings. The first kappa shape index (κ1) is 26.4. The van der Waals surface area contributed by atoms with Crippen molar-refractivity contribution >= 4 is 11.0 Å². The molecule has 5 rings (SSSR count). The highest BCUT2D eigenvalue weighted by Crippen LogP contribution is 2.37. The Bertz CT molecular complexity index is 1500. The minimum Gasteiger partial charge on any atom is -0.488 e. The summed E-state index contributed by atoms with van der Waals surface area (Å²) in [5.74, 6) is -0.485. The van der Waals surface area contributed by atoms with Gasteiger partial charge in [-0.05, 0) is 63.8 Å². The van der Waals surface area contributed by atoms with Gasteiger partial charge in [0.15, 0.2) is 6.19 Å². The van der Waals surface area contributed by atoms with Crippen molar-refractivity contribution in [1.29, 1.82) is 5.26 Å². The molecule has 0 bridgehead atoms. The smallest absolute Gasteiger partial charge is 0.320 e. The highest BCUT2D eigenvalue weighted by molar-refractivity contribution is 5.87. The molecule has 4 aromatic rings. The maximum Gasteiger partial charge on any atom is 0.320 e. The zero-order valence-corrected chi connectivity index (χ0v) is 21.4. The third-order valence-corrected chi connectivity index (χ3v) is 7.14. The number of alkyl halides is 2. The first-order chi connectivity index (χ1) is 18.7. The van der Waals surface area contributed by atoms with E-state index in [0.717, 1.165) is 43.9 Å². The van der Waals surface area contributed by atoms with Gasteiger partial charge in [0.25, 0.3) is 0 Å². The molecular formula is C26H27F3N8O2. The monoisotopic (exact) mass is 540 g/mol. The van der Waals surface area contributed by atoms with Gasteiger partial charge in [-0.25, -0.2) is 14.1 Å². The van der Waals surface area contributed by atoms with Crippen LogP contribution in [0, 0.1) is 24.2 Å². The van der Waals surface area contributed by atoms with Crippen molar-refractivity contribution in [2.75, 3.05) is 6.61 Å². The van der Waals surface area contributed by atoms with Crippen molar-refractivity contribution in [2.45, 2.75) is 63.8 Å². The lowest BCUT2D eigenvalue weighted by molar-refractivity contribution is 0.00395. The second kappa shape index (κ2) is 10.5. The number of imidazole rings is 1. The molecule has 204 valence electrons. The van der Waals surface area contributed by atoms with Crippen LogP contribution in [-0.2, 0) is 5.60 Å². The van der Waals surface area contributed by atoms with Crippen LogP contribution >= 0.6 is 0 Å². The summed E-state index contributed by atoms with van der Waals surface area (Å²) < 4.78 is 49.3. The van der Waals surface area contributed by atoms with E-state index in [-0.39, 0.29) is 41.2 Å². The van der Waals surface area contributed by atoms with E-state index in [2.05, 4.69) is 25.6 Å². The normalized spacial score (nSPS) is 19.1. The molecule has 2 N–H and O–H groups in total. The molecule has 3 aromatic heterocycles. The fourth-order valence-corrected chi connectivity index (χ4v) is 5.02. The van der Waals surface area contributed by atoms with Gasteiger partial charge in [0, 0.05) is 11.6 Å². The lowest BCUT2D eigenvalue weighted by Gasteiger charge is -2.28. The Morgan fingerprint density at radius 2 is 2.00 bits per heavy atom. The number of nitriles is 1. The second-order valence-corrected chi connectivity index (χ2v) is 9.93. The van der Waals surface area contributed by atoms with Crippen molar-refractivity contribution in [1.82, 2.24) is 34.8 Å². The molecule has 1 aliphatic rings. The second-order valence-electron chi connectivity index (χ2n) is 9.93. The van der Waals surface area contributed by atoms with E-state index in [4.69, 9.17) is 10.00 Å². The number of hydrogen-bond donors (Lipinski definition) is 2. The Labute approximate surface area is 222 Å². The highest BCUT2D eigenvalue weighted by atomic mass is 19.3. The Morgan fingerprint density at radius 3 is 2.67 bits per heavy atom. The average molecular weight is 541 g/mol. The molecule has 1 saturated carbocycles. The van der Waals surface area contributed by atoms with E-state index < -0.39 is 18.0 Å². The van der Waals surface area contributed by atoms with E-state index in [1.807, 2.05) is 17.8 Å². The van der Waals surface area contributed by atoms with Crippen LogP contribution in [0.15, 0.2) is 36.8 Å². The molecule has 1 unspecified atom stereocenters. The van der Waals surface area contributed by atoms with Crippen LogP contribution in [0.2, 0.25) is 0 Å². The standard InChI is InChI=1S/C26H27F3N8O2/c1-15-23(34-35-37(15)19-6-4-18(5-7-19)32-13-30)16-9-20-24(36(14-33-20)25(28)29)21(10-16)39-12-26(2,38)22-8-3-17(27)11-31-22/h3,8-11,14,18-19,25,32,38H,4-7,12H2,1-2H3. The fourth-order valence-electron chi connectivity index (χ4n) is 5.02. The fraction of sp³-hybridized carbons (Fsp3) is 0.423. The van der Waals surface area contributed by atoms with Gasteiger partial charge in [0.05, 0.1) is 29.1 Å². The summed E-state index contributed by atoms with van der Waals surface area (Å²) in [7, 11) is 0. The summed E-state index contributed by atoms with van der Waals surface area (Å²) in [6.07, 6.45) is 7.36. The molecule has 0 spiro atoms. The number of ether oxygens (including phenoxy) is 1. The molecule has 1 atom stereocenters. The van der Waals surface area contributed by atoms with Crippen LogP contribution in [0.5, 0.6) is 5.75 Å². The molecule has 1 aromatic carbocycles. The molecular weight excluding hydrogens is 513 g/mol. The number of fused-ring (bicyclic) bond motifs is 1. The summed E-state index contributed by atoms with van der Waals surface area (Å²) in [6.45, 7) is 0.123. The summed E-state index contributed by atoms with van der Waals surface area (Å²) in [6, 6.07) is 6.00. The SMILES string of the molecule is Cc1c(-c2cc(OCC(C)(O)c3ccc(F)cn3)c3c(c2)ncn3C(F)F)nnn1C1CCC(NC#N)CC1. The molecule has 10 nitrogen and oxygen atoms in total. The van der Waals surface area contributed by atoms with Crippen LogP contribution < -0.4 is 10.1 Å². The maximum absolute atomic E-state index is 13.8. The number of halogens is 3. The van der Waals surface area contributed by atoms with Crippen LogP contribution in [0.1, 0.15) is 56.6 Å².